The molecule has 33 heavy (non-hydrogen) atoms. The normalized spacial score (nSPS) is 16.0. The number of ether oxygens (including phenoxy) is 1. The highest BCUT2D eigenvalue weighted by molar-refractivity contribution is 7.99. The molecule has 2 aromatic heterocycles. The van der Waals surface area contributed by atoms with Crippen molar-refractivity contribution in [2.24, 2.45) is 5.92 Å². The predicted molar refractivity (Wildman–Crippen MR) is 131 cm³/mol. The van der Waals surface area contributed by atoms with Crippen molar-refractivity contribution in [3.05, 3.63) is 21.8 Å². The number of aryl methyl sites for hydroxylation is 2. The van der Waals surface area contributed by atoms with Gasteiger partial charge < -0.3 is 15.4 Å². The molecular weight excluding hydrogens is 458 g/mol. The van der Waals surface area contributed by atoms with Gasteiger partial charge in [0.15, 0.2) is 0 Å². The lowest BCUT2D eigenvalue weighted by Crippen LogP contribution is -2.29. The van der Waals surface area contributed by atoms with E-state index in [0.717, 1.165) is 55.8 Å². The van der Waals surface area contributed by atoms with E-state index in [9.17, 15) is 9.59 Å². The van der Waals surface area contributed by atoms with Crippen LogP contribution in [-0.4, -0.2) is 53.0 Å². The fourth-order valence-electron chi connectivity index (χ4n) is 4.64. The fraction of sp³-hybridized carbons (Fsp3) is 0.652. The molecule has 2 aliphatic carbocycles. The van der Waals surface area contributed by atoms with Crippen LogP contribution in [0.15, 0.2) is 5.16 Å². The first-order valence-corrected chi connectivity index (χ1v) is 13.7. The molecule has 0 radical (unpaired) electrons. The number of H-pyrrole nitrogens is 1. The lowest BCUT2D eigenvalue weighted by atomic mass is 9.95. The summed E-state index contributed by atoms with van der Waals surface area (Å²) in [5, 5.41) is 14.4. The lowest BCUT2D eigenvalue weighted by Gasteiger charge is -2.13. The van der Waals surface area contributed by atoms with Gasteiger partial charge in [-0.1, -0.05) is 37.4 Å². The van der Waals surface area contributed by atoms with Gasteiger partial charge in [-0.2, -0.15) is 0 Å². The van der Waals surface area contributed by atoms with Crippen molar-refractivity contribution in [2.75, 3.05) is 31.3 Å². The molecule has 0 aliphatic heterocycles. The summed E-state index contributed by atoms with van der Waals surface area (Å²) >= 11 is 2.85. The Hall–Kier alpha value is -1.91. The second-order valence-corrected chi connectivity index (χ2v) is 10.8. The molecule has 3 N–H and O–H groups in total. The topological polar surface area (TPSA) is 109 Å². The number of nitrogens with one attached hydrogen (secondary N) is 3. The van der Waals surface area contributed by atoms with Crippen molar-refractivity contribution in [1.82, 2.24) is 20.5 Å². The fourth-order valence-corrected chi connectivity index (χ4v) is 6.56. The molecule has 0 aromatic carbocycles. The van der Waals surface area contributed by atoms with Crippen LogP contribution in [0.1, 0.15) is 71.6 Å². The van der Waals surface area contributed by atoms with Crippen molar-refractivity contribution in [3.8, 4) is 0 Å². The Morgan fingerprint density at radius 1 is 1.21 bits per heavy atom. The van der Waals surface area contributed by atoms with Crippen LogP contribution in [0.2, 0.25) is 0 Å². The van der Waals surface area contributed by atoms with Crippen LogP contribution in [0.3, 0.4) is 0 Å². The molecule has 2 aliphatic rings. The maximum absolute atomic E-state index is 12.9. The molecule has 2 heterocycles. The summed E-state index contributed by atoms with van der Waals surface area (Å²) in [6.07, 6.45) is 11.4. The van der Waals surface area contributed by atoms with E-state index in [2.05, 4.69) is 25.8 Å². The SMILES string of the molecule is COCCNC(=O)c1c(NC(=O)CSc2n[nH]c(CCC3CCCC3)n2)sc2c1CCCC2. The molecule has 8 nitrogen and oxygen atoms in total. The van der Waals surface area contributed by atoms with E-state index in [1.54, 1.807) is 7.11 Å². The Morgan fingerprint density at radius 3 is 2.85 bits per heavy atom. The molecule has 0 unspecified atom stereocenters. The highest BCUT2D eigenvalue weighted by atomic mass is 32.2. The molecular formula is C23H33N5O3S2. The zero-order valence-electron chi connectivity index (χ0n) is 19.2. The van der Waals surface area contributed by atoms with Crippen LogP contribution in [0.5, 0.6) is 0 Å². The predicted octanol–water partition coefficient (Wildman–Crippen LogP) is 3.97. The van der Waals surface area contributed by atoms with Crippen LogP contribution in [0.25, 0.3) is 0 Å². The van der Waals surface area contributed by atoms with Gasteiger partial charge in [0, 0.05) is 25.0 Å². The number of anilines is 1. The minimum absolute atomic E-state index is 0.143. The van der Waals surface area contributed by atoms with E-state index in [1.807, 2.05) is 0 Å². The minimum atomic E-state index is -0.151. The Labute approximate surface area is 203 Å². The second kappa shape index (κ2) is 12.0. The first-order chi connectivity index (χ1) is 16.1. The highest BCUT2D eigenvalue weighted by Gasteiger charge is 2.26. The number of methoxy groups -OCH3 is 1. The number of amides is 2. The van der Waals surface area contributed by atoms with Gasteiger partial charge in [0.05, 0.1) is 17.9 Å². The van der Waals surface area contributed by atoms with Gasteiger partial charge in [0.25, 0.3) is 5.91 Å². The van der Waals surface area contributed by atoms with E-state index in [0.29, 0.717) is 28.9 Å². The number of fused-ring (bicyclic) bond motifs is 1. The van der Waals surface area contributed by atoms with Crippen LogP contribution in [0, 0.1) is 5.92 Å². The summed E-state index contributed by atoms with van der Waals surface area (Å²) in [5.74, 6) is 1.62. The van der Waals surface area contributed by atoms with Crippen molar-refractivity contribution in [2.45, 2.75) is 69.4 Å². The van der Waals surface area contributed by atoms with E-state index in [-0.39, 0.29) is 17.6 Å². The number of aromatic nitrogens is 3. The number of thioether (sulfide) groups is 1. The van der Waals surface area contributed by atoms with E-state index in [4.69, 9.17) is 4.74 Å². The Morgan fingerprint density at radius 2 is 2.03 bits per heavy atom. The second-order valence-electron chi connectivity index (χ2n) is 8.75. The summed E-state index contributed by atoms with van der Waals surface area (Å²) < 4.78 is 5.03. The maximum Gasteiger partial charge on any atom is 0.254 e. The van der Waals surface area contributed by atoms with Crippen LogP contribution in [-0.2, 0) is 28.8 Å². The molecule has 0 spiro atoms. The third kappa shape index (κ3) is 6.58. The summed E-state index contributed by atoms with van der Waals surface area (Å²) in [6.45, 7) is 0.896. The zero-order valence-corrected chi connectivity index (χ0v) is 20.8. The lowest BCUT2D eigenvalue weighted by molar-refractivity contribution is -0.113. The first kappa shape index (κ1) is 24.2. The standard InChI is InChI=1S/C23H33N5O3S2/c1-31-13-12-24-21(30)20-16-8-4-5-9-17(16)33-22(20)26-19(29)14-32-23-25-18(27-28-23)11-10-15-6-2-3-7-15/h15H,2-14H2,1H3,(H,24,30)(H,26,29)(H,25,27,28). The third-order valence-electron chi connectivity index (χ3n) is 6.35. The number of rotatable bonds is 11. The van der Waals surface area contributed by atoms with Crippen molar-refractivity contribution >= 4 is 39.9 Å². The number of nitrogens with zero attached hydrogens (tertiary/aromatic N) is 2. The molecule has 180 valence electrons. The molecule has 0 saturated heterocycles. The Balaban J connectivity index is 1.32. The quantitative estimate of drug-likeness (QED) is 0.324. The summed E-state index contributed by atoms with van der Waals surface area (Å²) in [4.78, 5) is 31.3. The molecule has 2 aromatic rings. The number of aromatic amines is 1. The molecule has 0 atom stereocenters. The number of hydrogen-bond acceptors (Lipinski definition) is 7. The van der Waals surface area contributed by atoms with Gasteiger partial charge >= 0.3 is 0 Å². The van der Waals surface area contributed by atoms with Gasteiger partial charge in [-0.25, -0.2) is 4.98 Å². The number of hydrogen-bond donors (Lipinski definition) is 3. The Kier molecular flexibility index (Phi) is 8.80. The van der Waals surface area contributed by atoms with Gasteiger partial charge in [-0.05, 0) is 43.6 Å². The maximum atomic E-state index is 12.9. The largest absolute Gasteiger partial charge is 0.383 e. The summed E-state index contributed by atoms with van der Waals surface area (Å²) in [6, 6.07) is 0. The van der Waals surface area contributed by atoms with Gasteiger partial charge in [0.1, 0.15) is 10.8 Å². The summed E-state index contributed by atoms with van der Waals surface area (Å²) in [5.41, 5.74) is 1.71. The number of carbonyl (C=O) groups excluding carboxylic acids is 2. The van der Waals surface area contributed by atoms with Gasteiger partial charge in [-0.15, -0.1) is 16.4 Å². The zero-order chi connectivity index (χ0) is 23.0. The Bertz CT molecular complexity index is 952. The van der Waals surface area contributed by atoms with Crippen LogP contribution in [0.4, 0.5) is 5.00 Å². The number of thiophene rings is 1. The highest BCUT2D eigenvalue weighted by Crippen LogP contribution is 2.38. The van der Waals surface area contributed by atoms with Crippen molar-refractivity contribution < 1.29 is 14.3 Å². The smallest absolute Gasteiger partial charge is 0.254 e. The van der Waals surface area contributed by atoms with Crippen LogP contribution >= 0.6 is 23.1 Å². The average molecular weight is 492 g/mol. The van der Waals surface area contributed by atoms with Gasteiger partial charge in [-0.3, -0.25) is 14.7 Å². The molecule has 4 rings (SSSR count). The molecule has 1 fully saturated rings. The minimum Gasteiger partial charge on any atom is -0.383 e. The molecule has 0 bridgehead atoms. The third-order valence-corrected chi connectivity index (χ3v) is 8.41. The van der Waals surface area contributed by atoms with Crippen molar-refractivity contribution in [1.29, 1.82) is 0 Å². The summed E-state index contributed by atoms with van der Waals surface area (Å²) in [7, 11) is 1.61. The van der Waals surface area contributed by atoms with Crippen LogP contribution < -0.4 is 10.6 Å². The van der Waals surface area contributed by atoms with E-state index < -0.39 is 0 Å². The van der Waals surface area contributed by atoms with Crippen molar-refractivity contribution in [3.63, 3.8) is 0 Å². The van der Waals surface area contributed by atoms with E-state index >= 15 is 0 Å². The first-order valence-electron chi connectivity index (χ1n) is 11.9. The molecule has 10 heteroatoms. The number of carbonyl (C=O) groups is 2. The van der Waals surface area contributed by atoms with E-state index in [1.165, 1.54) is 53.7 Å². The molecule has 2 amide bonds. The monoisotopic (exact) mass is 491 g/mol. The molecule has 1 saturated carbocycles. The van der Waals surface area contributed by atoms with Gasteiger partial charge in [0.2, 0.25) is 11.1 Å². The average Bonchev–Trinajstić information content (AvgIpc) is 3.56.